The molecular formula is C20H21NO2. The molecule has 0 aliphatic rings. The number of nitriles is 1. The largest absolute Gasteiger partial charge is 0.483 e. The Morgan fingerprint density at radius 1 is 1.04 bits per heavy atom. The van der Waals surface area contributed by atoms with Crippen LogP contribution in [0.1, 0.15) is 49.2 Å². The van der Waals surface area contributed by atoms with Crippen molar-refractivity contribution in [2.24, 2.45) is 0 Å². The Balaban J connectivity index is 2.08. The predicted molar refractivity (Wildman–Crippen MR) is 90.7 cm³/mol. The van der Waals surface area contributed by atoms with Gasteiger partial charge in [0.1, 0.15) is 5.75 Å². The second kappa shape index (κ2) is 6.66. The summed E-state index contributed by atoms with van der Waals surface area (Å²) in [6, 6.07) is 16.5. The molecule has 0 saturated carbocycles. The molecule has 118 valence electrons. The fourth-order valence-electron chi connectivity index (χ4n) is 2.23. The summed E-state index contributed by atoms with van der Waals surface area (Å²) in [5, 5.41) is 8.78. The third-order valence-electron chi connectivity index (χ3n) is 3.70. The van der Waals surface area contributed by atoms with Gasteiger partial charge < -0.3 is 4.74 Å². The topological polar surface area (TPSA) is 50.1 Å². The van der Waals surface area contributed by atoms with Gasteiger partial charge in [0.15, 0.2) is 6.10 Å². The molecule has 0 N–H and O–H groups in total. The first-order chi connectivity index (χ1) is 10.8. The van der Waals surface area contributed by atoms with Crippen molar-refractivity contribution in [2.45, 2.75) is 39.2 Å². The van der Waals surface area contributed by atoms with Crippen molar-refractivity contribution in [3.63, 3.8) is 0 Å². The number of hydrogen-bond acceptors (Lipinski definition) is 3. The van der Waals surface area contributed by atoms with Gasteiger partial charge in [0.05, 0.1) is 11.6 Å². The fraction of sp³-hybridized carbons (Fsp3) is 0.300. The van der Waals surface area contributed by atoms with Gasteiger partial charge in [-0.25, -0.2) is 0 Å². The lowest BCUT2D eigenvalue weighted by Gasteiger charge is -2.19. The molecule has 0 heterocycles. The number of benzene rings is 2. The minimum Gasteiger partial charge on any atom is -0.483 e. The van der Waals surface area contributed by atoms with Crippen LogP contribution in [0.5, 0.6) is 5.75 Å². The lowest BCUT2D eigenvalue weighted by molar-refractivity contribution is 0.0818. The Hall–Kier alpha value is -2.60. The summed E-state index contributed by atoms with van der Waals surface area (Å²) in [5.41, 5.74) is 2.45. The van der Waals surface area contributed by atoms with Crippen LogP contribution >= 0.6 is 0 Å². The highest BCUT2D eigenvalue weighted by Gasteiger charge is 2.19. The maximum Gasteiger partial charge on any atom is 0.202 e. The lowest BCUT2D eigenvalue weighted by Crippen LogP contribution is -2.24. The molecule has 0 fully saturated rings. The molecule has 2 aromatic carbocycles. The van der Waals surface area contributed by atoms with Crippen LogP contribution in [0.25, 0.3) is 0 Å². The van der Waals surface area contributed by atoms with E-state index in [1.54, 1.807) is 31.2 Å². The van der Waals surface area contributed by atoms with Crippen molar-refractivity contribution < 1.29 is 9.53 Å². The average molecular weight is 307 g/mol. The summed E-state index contributed by atoms with van der Waals surface area (Å²) in [5.74, 6) is 0.519. The highest BCUT2D eigenvalue weighted by Crippen LogP contribution is 2.23. The smallest absolute Gasteiger partial charge is 0.202 e. The molecule has 0 spiro atoms. The van der Waals surface area contributed by atoms with Crippen molar-refractivity contribution in [1.82, 2.24) is 0 Å². The molecule has 0 aliphatic carbocycles. The number of carbonyl (C=O) groups is 1. The summed E-state index contributed by atoms with van der Waals surface area (Å²) < 4.78 is 5.67. The van der Waals surface area contributed by atoms with E-state index in [1.807, 2.05) is 24.3 Å². The molecule has 0 aromatic heterocycles. The van der Waals surface area contributed by atoms with E-state index in [2.05, 4.69) is 26.8 Å². The summed E-state index contributed by atoms with van der Waals surface area (Å²) in [7, 11) is 0. The second-order valence-corrected chi connectivity index (χ2v) is 6.59. The molecule has 3 heteroatoms. The van der Waals surface area contributed by atoms with Gasteiger partial charge >= 0.3 is 0 Å². The first-order valence-electron chi connectivity index (χ1n) is 7.63. The number of ketones is 1. The van der Waals surface area contributed by atoms with Crippen molar-refractivity contribution >= 4 is 5.78 Å². The van der Waals surface area contributed by atoms with E-state index in [1.165, 1.54) is 5.56 Å². The van der Waals surface area contributed by atoms with Crippen LogP contribution in [0.2, 0.25) is 0 Å². The number of hydrogen-bond donors (Lipinski definition) is 0. The zero-order valence-corrected chi connectivity index (χ0v) is 14.0. The Morgan fingerprint density at radius 3 is 2.09 bits per heavy atom. The van der Waals surface area contributed by atoms with Crippen LogP contribution in [0, 0.1) is 11.3 Å². The van der Waals surface area contributed by atoms with Crippen molar-refractivity contribution in [3.05, 3.63) is 65.2 Å². The third kappa shape index (κ3) is 4.20. The highest BCUT2D eigenvalue weighted by atomic mass is 16.5. The molecule has 0 radical (unpaired) electrons. The third-order valence-corrected chi connectivity index (χ3v) is 3.70. The fourth-order valence-corrected chi connectivity index (χ4v) is 2.23. The number of Topliss-reactive ketones (excluding diaryl/α,β-unsaturated/α-hetero) is 1. The Morgan fingerprint density at radius 2 is 1.61 bits per heavy atom. The molecule has 1 unspecified atom stereocenters. The average Bonchev–Trinajstić information content (AvgIpc) is 2.54. The molecule has 2 aromatic rings. The lowest BCUT2D eigenvalue weighted by atomic mass is 9.86. The first-order valence-corrected chi connectivity index (χ1v) is 7.63. The molecule has 0 aliphatic heterocycles. The number of ether oxygens (including phenoxy) is 1. The van der Waals surface area contributed by atoms with Crippen LogP contribution in [-0.4, -0.2) is 11.9 Å². The van der Waals surface area contributed by atoms with Crippen molar-refractivity contribution in [2.75, 3.05) is 0 Å². The number of carbonyl (C=O) groups excluding carboxylic acids is 1. The summed E-state index contributed by atoms with van der Waals surface area (Å²) in [6.45, 7) is 8.15. The van der Waals surface area contributed by atoms with Crippen LogP contribution < -0.4 is 4.74 Å². The molecular weight excluding hydrogens is 286 g/mol. The quantitative estimate of drug-likeness (QED) is 0.781. The summed E-state index contributed by atoms with van der Waals surface area (Å²) in [4.78, 5) is 12.5. The van der Waals surface area contributed by atoms with Gasteiger partial charge in [0, 0.05) is 5.56 Å². The van der Waals surface area contributed by atoms with Gasteiger partial charge in [-0.15, -0.1) is 0 Å². The van der Waals surface area contributed by atoms with Crippen molar-refractivity contribution in [3.8, 4) is 11.8 Å². The highest BCUT2D eigenvalue weighted by molar-refractivity contribution is 5.99. The van der Waals surface area contributed by atoms with Gasteiger partial charge in [-0.2, -0.15) is 5.26 Å². The Bertz CT molecular complexity index is 716. The van der Waals surface area contributed by atoms with Gasteiger partial charge in [0.2, 0.25) is 5.78 Å². The molecule has 23 heavy (non-hydrogen) atoms. The molecule has 2 rings (SSSR count). The second-order valence-electron chi connectivity index (χ2n) is 6.59. The molecule has 0 saturated heterocycles. The van der Waals surface area contributed by atoms with E-state index >= 15 is 0 Å². The SMILES string of the molecule is CC(Oc1ccc(C#N)cc1)C(=O)c1ccc(C(C)(C)C)cc1. The van der Waals surface area contributed by atoms with E-state index in [0.29, 0.717) is 16.9 Å². The monoisotopic (exact) mass is 307 g/mol. The van der Waals surface area contributed by atoms with E-state index in [9.17, 15) is 4.79 Å². The molecule has 3 nitrogen and oxygen atoms in total. The van der Waals surface area contributed by atoms with Crippen LogP contribution in [0.15, 0.2) is 48.5 Å². The Kier molecular flexibility index (Phi) is 4.86. The summed E-state index contributed by atoms with van der Waals surface area (Å²) >= 11 is 0. The summed E-state index contributed by atoms with van der Waals surface area (Å²) in [6.07, 6.45) is -0.580. The minimum atomic E-state index is -0.580. The van der Waals surface area contributed by atoms with Gasteiger partial charge in [-0.3, -0.25) is 4.79 Å². The molecule has 1 atom stereocenters. The van der Waals surface area contributed by atoms with E-state index in [4.69, 9.17) is 10.00 Å². The van der Waals surface area contributed by atoms with Crippen LogP contribution in [0.3, 0.4) is 0 Å². The van der Waals surface area contributed by atoms with Gasteiger partial charge in [-0.05, 0) is 42.2 Å². The van der Waals surface area contributed by atoms with E-state index in [0.717, 1.165) is 0 Å². The molecule has 0 bridgehead atoms. The zero-order chi connectivity index (χ0) is 17.0. The first kappa shape index (κ1) is 16.8. The number of rotatable bonds is 4. The zero-order valence-electron chi connectivity index (χ0n) is 14.0. The van der Waals surface area contributed by atoms with E-state index in [-0.39, 0.29) is 11.2 Å². The van der Waals surface area contributed by atoms with E-state index < -0.39 is 6.10 Å². The number of nitrogens with zero attached hydrogens (tertiary/aromatic N) is 1. The Labute approximate surface area is 137 Å². The minimum absolute atomic E-state index is 0.0604. The van der Waals surface area contributed by atoms with Gasteiger partial charge in [-0.1, -0.05) is 45.0 Å². The maximum absolute atomic E-state index is 12.5. The van der Waals surface area contributed by atoms with Crippen LogP contribution in [0.4, 0.5) is 0 Å². The normalized spacial score (nSPS) is 12.3. The van der Waals surface area contributed by atoms with Crippen LogP contribution in [-0.2, 0) is 5.41 Å². The predicted octanol–water partition coefficient (Wildman–Crippen LogP) is 4.51. The standard InChI is InChI=1S/C20H21NO2/c1-14(23-18-11-5-15(13-21)6-12-18)19(22)16-7-9-17(10-8-16)20(2,3)4/h5-12,14H,1-4H3. The van der Waals surface area contributed by atoms with Gasteiger partial charge in [0.25, 0.3) is 0 Å². The molecule has 0 amide bonds. The van der Waals surface area contributed by atoms with Crippen molar-refractivity contribution in [1.29, 1.82) is 5.26 Å². The maximum atomic E-state index is 12.5.